The van der Waals surface area contributed by atoms with Crippen LogP contribution in [0.2, 0.25) is 0 Å². The maximum atomic E-state index is 13.0. The lowest BCUT2D eigenvalue weighted by Crippen LogP contribution is -2.42. The Labute approximate surface area is 170 Å². The Hall–Kier alpha value is -3.16. The zero-order chi connectivity index (χ0) is 21.0. The zero-order valence-corrected chi connectivity index (χ0v) is 17.1. The minimum absolute atomic E-state index is 0.0845. The molecule has 1 aliphatic heterocycles. The first-order valence-electron chi connectivity index (χ1n) is 9.81. The molecule has 0 saturated carbocycles. The average Bonchev–Trinajstić information content (AvgIpc) is 2.69. The molecular weight excluding hydrogens is 370 g/mol. The predicted molar refractivity (Wildman–Crippen MR) is 112 cm³/mol. The van der Waals surface area contributed by atoms with Crippen molar-refractivity contribution in [3.8, 4) is 0 Å². The molecule has 2 heterocycles. The van der Waals surface area contributed by atoms with Gasteiger partial charge in [-0.3, -0.25) is 14.4 Å². The molecule has 154 valence electrons. The molecular formula is C21H27N5O3. The van der Waals surface area contributed by atoms with Crippen LogP contribution in [-0.4, -0.2) is 53.2 Å². The van der Waals surface area contributed by atoms with Crippen molar-refractivity contribution in [2.45, 2.75) is 38.8 Å². The number of nitrogens with one attached hydrogen (secondary N) is 1. The molecule has 2 aromatic rings. The van der Waals surface area contributed by atoms with Crippen molar-refractivity contribution < 1.29 is 9.59 Å². The molecule has 1 fully saturated rings. The number of likely N-dealkylation sites (tertiary alicyclic amines) is 1. The molecule has 1 aromatic heterocycles. The lowest BCUT2D eigenvalue weighted by molar-refractivity contribution is -0.117. The number of carbonyl (C=O) groups is 2. The second-order valence-electron chi connectivity index (χ2n) is 7.54. The molecule has 3 rings (SSSR count). The maximum absolute atomic E-state index is 13.0. The first kappa shape index (κ1) is 20.6. The second kappa shape index (κ2) is 8.89. The fraction of sp³-hybridized carbons (Fsp3) is 0.429. The number of carbonyl (C=O) groups excluding carboxylic acids is 2. The fourth-order valence-corrected chi connectivity index (χ4v) is 3.45. The Kier molecular flexibility index (Phi) is 6.31. The number of amides is 2. The molecule has 1 aliphatic rings. The Morgan fingerprint density at radius 3 is 2.69 bits per heavy atom. The van der Waals surface area contributed by atoms with E-state index in [-0.39, 0.29) is 24.1 Å². The van der Waals surface area contributed by atoms with E-state index in [0.717, 1.165) is 30.5 Å². The topological polar surface area (TPSA) is 87.5 Å². The summed E-state index contributed by atoms with van der Waals surface area (Å²) in [5, 5.41) is 6.81. The third-order valence-electron chi connectivity index (χ3n) is 5.16. The van der Waals surface area contributed by atoms with Crippen molar-refractivity contribution >= 4 is 23.2 Å². The van der Waals surface area contributed by atoms with Gasteiger partial charge in [-0.05, 0) is 38.3 Å². The van der Waals surface area contributed by atoms with Crippen LogP contribution in [0.25, 0.3) is 0 Å². The Morgan fingerprint density at radius 1 is 1.24 bits per heavy atom. The number of para-hydroxylation sites is 1. The van der Waals surface area contributed by atoms with Crippen molar-refractivity contribution in [3.63, 3.8) is 0 Å². The normalized spacial score (nSPS) is 16.4. The minimum Gasteiger partial charge on any atom is -0.376 e. The molecule has 1 aromatic carbocycles. The van der Waals surface area contributed by atoms with Crippen LogP contribution in [0.15, 0.2) is 41.3 Å². The molecule has 0 unspecified atom stereocenters. The maximum Gasteiger partial charge on any atom is 0.269 e. The van der Waals surface area contributed by atoms with Gasteiger partial charge in [-0.15, -0.1) is 0 Å². The van der Waals surface area contributed by atoms with Crippen molar-refractivity contribution in [2.75, 3.05) is 30.9 Å². The second-order valence-corrected chi connectivity index (χ2v) is 7.54. The molecule has 0 bridgehead atoms. The molecule has 0 spiro atoms. The lowest BCUT2D eigenvalue weighted by atomic mass is 10.0. The molecule has 8 heteroatoms. The number of nitrogens with zero attached hydrogens (tertiary/aromatic N) is 4. The van der Waals surface area contributed by atoms with E-state index >= 15 is 0 Å². The molecule has 2 amide bonds. The van der Waals surface area contributed by atoms with E-state index in [1.54, 1.807) is 29.2 Å². The molecule has 0 radical (unpaired) electrons. The number of hydrogen-bond donors (Lipinski definition) is 1. The van der Waals surface area contributed by atoms with Crippen LogP contribution in [-0.2, 0) is 11.3 Å². The number of rotatable bonds is 5. The number of hydrogen-bond acceptors (Lipinski definition) is 5. The van der Waals surface area contributed by atoms with Crippen LogP contribution < -0.4 is 15.8 Å². The Morgan fingerprint density at radius 2 is 2.00 bits per heavy atom. The summed E-state index contributed by atoms with van der Waals surface area (Å²) in [6, 6.07) is 8.57. The molecule has 8 nitrogen and oxygen atoms in total. The first-order valence-corrected chi connectivity index (χ1v) is 9.81. The Balaban J connectivity index is 1.74. The molecule has 1 saturated heterocycles. The van der Waals surface area contributed by atoms with Gasteiger partial charge in [0.1, 0.15) is 6.54 Å². The third-order valence-corrected chi connectivity index (χ3v) is 5.16. The third kappa shape index (κ3) is 4.82. The van der Waals surface area contributed by atoms with Crippen LogP contribution in [0.1, 0.15) is 36.5 Å². The largest absolute Gasteiger partial charge is 0.376 e. The van der Waals surface area contributed by atoms with Gasteiger partial charge in [0, 0.05) is 32.7 Å². The van der Waals surface area contributed by atoms with Crippen molar-refractivity contribution in [2.24, 2.45) is 0 Å². The van der Waals surface area contributed by atoms with Crippen LogP contribution in [0, 0.1) is 0 Å². The summed E-state index contributed by atoms with van der Waals surface area (Å²) in [4.78, 5) is 41.4. The number of aromatic nitrogens is 2. The highest BCUT2D eigenvalue weighted by Gasteiger charge is 2.26. The van der Waals surface area contributed by atoms with Gasteiger partial charge in [0.05, 0.1) is 23.1 Å². The van der Waals surface area contributed by atoms with Gasteiger partial charge in [0.15, 0.2) is 0 Å². The van der Waals surface area contributed by atoms with E-state index in [9.17, 15) is 14.4 Å². The molecule has 1 N–H and O–H groups in total. The summed E-state index contributed by atoms with van der Waals surface area (Å²) in [5.41, 5.74) is 1.20. The van der Waals surface area contributed by atoms with Crippen LogP contribution in [0.4, 0.5) is 11.4 Å². The molecule has 0 aliphatic carbocycles. The van der Waals surface area contributed by atoms with E-state index in [4.69, 9.17) is 0 Å². The summed E-state index contributed by atoms with van der Waals surface area (Å²) >= 11 is 0. The summed E-state index contributed by atoms with van der Waals surface area (Å²) in [6.07, 6.45) is 4.63. The highest BCUT2D eigenvalue weighted by atomic mass is 16.2. The van der Waals surface area contributed by atoms with E-state index in [1.807, 2.05) is 25.9 Å². The first-order chi connectivity index (χ1) is 13.9. The zero-order valence-electron chi connectivity index (χ0n) is 17.1. The Bertz CT molecular complexity index is 953. The number of anilines is 2. The van der Waals surface area contributed by atoms with E-state index in [1.165, 1.54) is 12.3 Å². The molecule has 1 atom stereocenters. The van der Waals surface area contributed by atoms with Gasteiger partial charge in [-0.25, -0.2) is 4.68 Å². The average molecular weight is 397 g/mol. The fourth-order valence-electron chi connectivity index (χ4n) is 3.45. The SMILES string of the molecule is C[C@@H]1CCCCN1C(=O)c1ccccc1NC(=O)Cn1ncc(N(C)C)cc1=O. The van der Waals surface area contributed by atoms with Gasteiger partial charge in [0.25, 0.3) is 11.5 Å². The van der Waals surface area contributed by atoms with Gasteiger partial charge in [0.2, 0.25) is 5.91 Å². The molecule has 29 heavy (non-hydrogen) atoms. The summed E-state index contributed by atoms with van der Waals surface area (Å²) in [6.45, 7) is 2.54. The summed E-state index contributed by atoms with van der Waals surface area (Å²) in [7, 11) is 3.62. The number of benzene rings is 1. The minimum atomic E-state index is -0.413. The highest BCUT2D eigenvalue weighted by molar-refractivity contribution is 6.03. The van der Waals surface area contributed by atoms with Gasteiger partial charge in [-0.2, -0.15) is 5.10 Å². The van der Waals surface area contributed by atoms with Gasteiger partial charge >= 0.3 is 0 Å². The van der Waals surface area contributed by atoms with E-state index < -0.39 is 5.91 Å². The van der Waals surface area contributed by atoms with Crippen molar-refractivity contribution in [3.05, 3.63) is 52.4 Å². The summed E-state index contributed by atoms with van der Waals surface area (Å²) in [5.74, 6) is -0.497. The highest BCUT2D eigenvalue weighted by Crippen LogP contribution is 2.23. The van der Waals surface area contributed by atoms with Crippen LogP contribution >= 0.6 is 0 Å². The van der Waals surface area contributed by atoms with Crippen molar-refractivity contribution in [1.29, 1.82) is 0 Å². The quantitative estimate of drug-likeness (QED) is 0.833. The van der Waals surface area contributed by atoms with Crippen molar-refractivity contribution in [1.82, 2.24) is 14.7 Å². The van der Waals surface area contributed by atoms with Crippen LogP contribution in [0.5, 0.6) is 0 Å². The van der Waals surface area contributed by atoms with E-state index in [2.05, 4.69) is 10.4 Å². The summed E-state index contributed by atoms with van der Waals surface area (Å²) < 4.78 is 1.10. The van der Waals surface area contributed by atoms with Gasteiger partial charge < -0.3 is 15.1 Å². The number of piperidine rings is 1. The van der Waals surface area contributed by atoms with Crippen LogP contribution in [0.3, 0.4) is 0 Å². The predicted octanol–water partition coefficient (Wildman–Crippen LogP) is 1.96. The standard InChI is InChI=1S/C21H27N5O3/c1-15-8-6-7-11-25(15)21(29)17-9-4-5-10-18(17)23-19(27)14-26-20(28)12-16(13-22-26)24(2)3/h4-5,9-10,12-13,15H,6-8,11,14H2,1-3H3,(H,23,27)/t15-/m1/s1. The van der Waals surface area contributed by atoms with E-state index in [0.29, 0.717) is 16.9 Å². The monoisotopic (exact) mass is 397 g/mol. The van der Waals surface area contributed by atoms with Gasteiger partial charge in [-0.1, -0.05) is 12.1 Å². The lowest BCUT2D eigenvalue weighted by Gasteiger charge is -2.33. The smallest absolute Gasteiger partial charge is 0.269 e.